The van der Waals surface area contributed by atoms with Crippen LogP contribution in [0.1, 0.15) is 37.0 Å². The lowest BCUT2D eigenvalue weighted by Gasteiger charge is -2.09. The van der Waals surface area contributed by atoms with Crippen LogP contribution in [0.3, 0.4) is 0 Å². The van der Waals surface area contributed by atoms with Gasteiger partial charge in [-0.15, -0.1) is 0 Å². The van der Waals surface area contributed by atoms with Gasteiger partial charge in [0.25, 0.3) is 5.91 Å². The summed E-state index contributed by atoms with van der Waals surface area (Å²) < 4.78 is 6.34. The lowest BCUT2D eigenvalue weighted by molar-refractivity contribution is 0.0953. The molecule has 0 saturated heterocycles. The van der Waals surface area contributed by atoms with E-state index in [9.17, 15) is 4.79 Å². The Balaban J connectivity index is 2.70. The standard InChI is InChI=1S/C13H18BrNO2/c1-3-7-15-13(16)10-5-6-12(11(14)9-10)17-8-4-2/h5-6,9H,3-4,7-8H2,1-2H3,(H,15,16). The molecule has 1 aromatic carbocycles. The van der Waals surface area contributed by atoms with Gasteiger partial charge in [-0.05, 0) is 47.0 Å². The van der Waals surface area contributed by atoms with Crippen LogP contribution in [0.5, 0.6) is 5.75 Å². The number of carbonyl (C=O) groups is 1. The molecule has 0 aliphatic rings. The maximum Gasteiger partial charge on any atom is 0.251 e. The van der Waals surface area contributed by atoms with E-state index >= 15 is 0 Å². The van der Waals surface area contributed by atoms with E-state index in [1.54, 1.807) is 12.1 Å². The van der Waals surface area contributed by atoms with Crippen molar-refractivity contribution in [1.29, 1.82) is 0 Å². The average molecular weight is 300 g/mol. The van der Waals surface area contributed by atoms with Gasteiger partial charge in [0, 0.05) is 12.1 Å². The van der Waals surface area contributed by atoms with Crippen molar-refractivity contribution in [3.8, 4) is 5.75 Å². The molecule has 0 radical (unpaired) electrons. The maximum atomic E-state index is 11.7. The van der Waals surface area contributed by atoms with Crippen molar-refractivity contribution in [3.63, 3.8) is 0 Å². The first-order valence-corrected chi connectivity index (χ1v) is 6.68. The van der Waals surface area contributed by atoms with Gasteiger partial charge >= 0.3 is 0 Å². The molecule has 1 aromatic rings. The third-order valence-corrected chi connectivity index (χ3v) is 2.81. The fraction of sp³-hybridized carbons (Fsp3) is 0.462. The van der Waals surface area contributed by atoms with Gasteiger partial charge in [-0.1, -0.05) is 13.8 Å². The van der Waals surface area contributed by atoms with Crippen LogP contribution in [-0.4, -0.2) is 19.1 Å². The highest BCUT2D eigenvalue weighted by atomic mass is 79.9. The number of halogens is 1. The number of amides is 1. The second-order valence-electron chi connectivity index (χ2n) is 3.75. The Bertz CT molecular complexity index is 380. The van der Waals surface area contributed by atoms with Crippen LogP contribution >= 0.6 is 15.9 Å². The van der Waals surface area contributed by atoms with Gasteiger partial charge in [-0.2, -0.15) is 0 Å². The number of nitrogens with one attached hydrogen (secondary N) is 1. The zero-order valence-corrected chi connectivity index (χ0v) is 11.8. The summed E-state index contributed by atoms with van der Waals surface area (Å²) in [5.41, 5.74) is 0.647. The van der Waals surface area contributed by atoms with E-state index in [2.05, 4.69) is 28.2 Å². The Morgan fingerprint density at radius 2 is 2.12 bits per heavy atom. The smallest absolute Gasteiger partial charge is 0.251 e. The normalized spacial score (nSPS) is 10.1. The van der Waals surface area contributed by atoms with E-state index in [-0.39, 0.29) is 5.91 Å². The number of carbonyl (C=O) groups excluding carboxylic acids is 1. The van der Waals surface area contributed by atoms with E-state index in [0.717, 1.165) is 23.1 Å². The molecule has 1 amide bonds. The topological polar surface area (TPSA) is 38.3 Å². The molecule has 0 aromatic heterocycles. The third-order valence-electron chi connectivity index (χ3n) is 2.19. The van der Waals surface area contributed by atoms with E-state index in [0.29, 0.717) is 18.7 Å². The van der Waals surface area contributed by atoms with Gasteiger partial charge < -0.3 is 10.1 Å². The van der Waals surface area contributed by atoms with Gasteiger partial charge in [0.15, 0.2) is 0 Å². The molecule has 3 nitrogen and oxygen atoms in total. The predicted molar refractivity (Wildman–Crippen MR) is 72.6 cm³/mol. The van der Waals surface area contributed by atoms with E-state index in [4.69, 9.17) is 4.74 Å². The summed E-state index contributed by atoms with van der Waals surface area (Å²) in [5.74, 6) is 0.730. The van der Waals surface area contributed by atoms with Crippen molar-refractivity contribution in [1.82, 2.24) is 5.32 Å². The number of ether oxygens (including phenoxy) is 1. The molecular formula is C13H18BrNO2. The molecule has 1 N–H and O–H groups in total. The summed E-state index contributed by atoms with van der Waals surface area (Å²) in [6.45, 7) is 5.46. The SMILES string of the molecule is CCCNC(=O)c1ccc(OCCC)c(Br)c1. The van der Waals surface area contributed by atoms with E-state index < -0.39 is 0 Å². The molecule has 0 atom stereocenters. The molecule has 17 heavy (non-hydrogen) atoms. The van der Waals surface area contributed by atoms with Crippen molar-refractivity contribution >= 4 is 21.8 Å². The number of benzene rings is 1. The fourth-order valence-corrected chi connectivity index (χ4v) is 1.80. The third kappa shape index (κ3) is 4.38. The minimum absolute atomic E-state index is 0.0467. The predicted octanol–water partition coefficient (Wildman–Crippen LogP) is 3.38. The Hall–Kier alpha value is -1.03. The highest BCUT2D eigenvalue weighted by Gasteiger charge is 2.08. The largest absolute Gasteiger partial charge is 0.492 e. The van der Waals surface area contributed by atoms with Gasteiger partial charge in [0.2, 0.25) is 0 Å². The molecule has 0 aliphatic carbocycles. The fourth-order valence-electron chi connectivity index (χ4n) is 1.31. The molecule has 0 unspecified atom stereocenters. The quantitative estimate of drug-likeness (QED) is 0.874. The van der Waals surface area contributed by atoms with Gasteiger partial charge in [0.1, 0.15) is 5.75 Å². The number of hydrogen-bond acceptors (Lipinski definition) is 2. The minimum Gasteiger partial charge on any atom is -0.492 e. The summed E-state index contributed by atoms with van der Waals surface area (Å²) in [6, 6.07) is 5.39. The Morgan fingerprint density at radius 3 is 2.71 bits per heavy atom. The van der Waals surface area contributed by atoms with Crippen molar-refractivity contribution in [3.05, 3.63) is 28.2 Å². The first-order chi connectivity index (χ1) is 8.19. The number of rotatable bonds is 6. The van der Waals surface area contributed by atoms with E-state index in [1.807, 2.05) is 13.0 Å². The zero-order valence-electron chi connectivity index (χ0n) is 10.3. The van der Waals surface area contributed by atoms with Gasteiger partial charge in [-0.25, -0.2) is 0 Å². The lowest BCUT2D eigenvalue weighted by Crippen LogP contribution is -2.23. The molecule has 0 bridgehead atoms. The average Bonchev–Trinajstić information content (AvgIpc) is 2.34. The second-order valence-corrected chi connectivity index (χ2v) is 4.60. The minimum atomic E-state index is -0.0467. The van der Waals surface area contributed by atoms with Crippen LogP contribution in [0, 0.1) is 0 Å². The monoisotopic (exact) mass is 299 g/mol. The van der Waals surface area contributed by atoms with Crippen molar-refractivity contribution in [2.45, 2.75) is 26.7 Å². The van der Waals surface area contributed by atoms with Crippen LogP contribution in [-0.2, 0) is 0 Å². The Morgan fingerprint density at radius 1 is 1.35 bits per heavy atom. The second kappa shape index (κ2) is 7.33. The summed E-state index contributed by atoms with van der Waals surface area (Å²) in [5, 5.41) is 2.84. The molecule has 1 rings (SSSR count). The van der Waals surface area contributed by atoms with Gasteiger partial charge in [0.05, 0.1) is 11.1 Å². The molecule has 0 fully saturated rings. The molecular weight excluding hydrogens is 282 g/mol. The van der Waals surface area contributed by atoms with Gasteiger partial charge in [-0.3, -0.25) is 4.79 Å². The summed E-state index contributed by atoms with van der Waals surface area (Å²) in [7, 11) is 0. The molecule has 94 valence electrons. The Labute approximate surface area is 111 Å². The lowest BCUT2D eigenvalue weighted by atomic mass is 10.2. The zero-order chi connectivity index (χ0) is 12.7. The van der Waals surface area contributed by atoms with Crippen molar-refractivity contribution < 1.29 is 9.53 Å². The van der Waals surface area contributed by atoms with E-state index in [1.165, 1.54) is 0 Å². The molecule has 0 spiro atoms. The molecule has 0 saturated carbocycles. The Kier molecular flexibility index (Phi) is 6.05. The number of hydrogen-bond donors (Lipinski definition) is 1. The molecule has 0 aliphatic heterocycles. The first kappa shape index (κ1) is 14.0. The van der Waals surface area contributed by atoms with Crippen LogP contribution in [0.25, 0.3) is 0 Å². The first-order valence-electron chi connectivity index (χ1n) is 5.89. The van der Waals surface area contributed by atoms with Crippen LogP contribution in [0.15, 0.2) is 22.7 Å². The van der Waals surface area contributed by atoms with Crippen molar-refractivity contribution in [2.24, 2.45) is 0 Å². The van der Waals surface area contributed by atoms with Crippen molar-refractivity contribution in [2.75, 3.05) is 13.2 Å². The van der Waals surface area contributed by atoms with Crippen LogP contribution < -0.4 is 10.1 Å². The maximum absolute atomic E-state index is 11.7. The summed E-state index contributed by atoms with van der Waals surface area (Å²) in [4.78, 5) is 11.7. The van der Waals surface area contributed by atoms with Crippen LogP contribution in [0.4, 0.5) is 0 Å². The summed E-state index contributed by atoms with van der Waals surface area (Å²) in [6.07, 6.45) is 1.90. The molecule has 0 heterocycles. The van der Waals surface area contributed by atoms with Crippen LogP contribution in [0.2, 0.25) is 0 Å². The summed E-state index contributed by atoms with van der Waals surface area (Å²) >= 11 is 3.41. The molecule has 4 heteroatoms. The highest BCUT2D eigenvalue weighted by Crippen LogP contribution is 2.26. The highest BCUT2D eigenvalue weighted by molar-refractivity contribution is 9.10.